The van der Waals surface area contributed by atoms with Crippen LogP contribution < -0.4 is 15.4 Å². The van der Waals surface area contributed by atoms with Gasteiger partial charge in [0.15, 0.2) is 0 Å². The standard InChI is InChI=1S/C22H23N3O4S2/c1-4-25(17-8-6-5-7-9-17)31(28,29)18-12-10-16(11-13-18)21(27)24-22-19(20(23)26)14(2)15(3)30-22/h5-13H,4H2,1-3H3,(H2,23,26)(H,24,27). The van der Waals surface area contributed by atoms with Crippen LogP contribution in [0.25, 0.3) is 0 Å². The Morgan fingerprint density at radius 2 is 1.65 bits per heavy atom. The van der Waals surface area contributed by atoms with Gasteiger partial charge in [-0.2, -0.15) is 0 Å². The first kappa shape index (κ1) is 22.5. The fourth-order valence-electron chi connectivity index (χ4n) is 3.18. The fourth-order valence-corrected chi connectivity index (χ4v) is 5.71. The molecular formula is C22H23N3O4S2. The van der Waals surface area contributed by atoms with Gasteiger partial charge in [-0.1, -0.05) is 18.2 Å². The van der Waals surface area contributed by atoms with E-state index in [4.69, 9.17) is 5.73 Å². The van der Waals surface area contributed by atoms with Gasteiger partial charge in [-0.15, -0.1) is 11.3 Å². The number of hydrogen-bond acceptors (Lipinski definition) is 5. The predicted molar refractivity (Wildman–Crippen MR) is 123 cm³/mol. The molecule has 0 atom stereocenters. The summed E-state index contributed by atoms with van der Waals surface area (Å²) < 4.78 is 27.4. The van der Waals surface area contributed by atoms with Crippen molar-refractivity contribution in [3.8, 4) is 0 Å². The van der Waals surface area contributed by atoms with Crippen molar-refractivity contribution in [1.29, 1.82) is 0 Å². The van der Waals surface area contributed by atoms with E-state index in [1.165, 1.54) is 39.9 Å². The maximum Gasteiger partial charge on any atom is 0.264 e. The fraction of sp³-hybridized carbons (Fsp3) is 0.182. The van der Waals surface area contributed by atoms with E-state index in [-0.39, 0.29) is 22.6 Å². The molecule has 31 heavy (non-hydrogen) atoms. The van der Waals surface area contributed by atoms with E-state index in [1.807, 2.05) is 13.0 Å². The minimum absolute atomic E-state index is 0.0791. The van der Waals surface area contributed by atoms with Gasteiger partial charge in [0.25, 0.3) is 21.8 Å². The van der Waals surface area contributed by atoms with Crippen LogP contribution in [0.1, 0.15) is 38.1 Å². The van der Waals surface area contributed by atoms with E-state index in [0.717, 1.165) is 10.4 Å². The first-order valence-corrected chi connectivity index (χ1v) is 11.8. The smallest absolute Gasteiger partial charge is 0.264 e. The molecule has 0 fully saturated rings. The molecule has 1 aromatic heterocycles. The SMILES string of the molecule is CCN(c1ccccc1)S(=O)(=O)c1ccc(C(=O)Nc2sc(C)c(C)c2C(N)=O)cc1. The molecule has 7 nitrogen and oxygen atoms in total. The second-order valence-corrected chi connectivity index (χ2v) is 9.92. The summed E-state index contributed by atoms with van der Waals surface area (Å²) >= 11 is 1.27. The van der Waals surface area contributed by atoms with E-state index in [9.17, 15) is 18.0 Å². The number of carbonyl (C=O) groups excluding carboxylic acids is 2. The first-order chi connectivity index (χ1) is 14.7. The van der Waals surface area contributed by atoms with Crippen LogP contribution in [0.15, 0.2) is 59.5 Å². The van der Waals surface area contributed by atoms with Crippen LogP contribution >= 0.6 is 11.3 Å². The summed E-state index contributed by atoms with van der Waals surface area (Å²) in [5, 5.41) is 3.09. The molecule has 0 unspecified atom stereocenters. The maximum absolute atomic E-state index is 13.1. The minimum atomic E-state index is -3.78. The Hall–Kier alpha value is -3.17. The van der Waals surface area contributed by atoms with Crippen molar-refractivity contribution in [3.05, 3.63) is 76.2 Å². The van der Waals surface area contributed by atoms with Crippen LogP contribution in [-0.4, -0.2) is 26.8 Å². The van der Waals surface area contributed by atoms with E-state index >= 15 is 0 Å². The van der Waals surface area contributed by atoms with Gasteiger partial charge in [-0.05, 0) is 62.7 Å². The highest BCUT2D eigenvalue weighted by atomic mass is 32.2. The number of anilines is 2. The summed E-state index contributed by atoms with van der Waals surface area (Å²) in [6, 6.07) is 14.5. The van der Waals surface area contributed by atoms with Gasteiger partial charge in [0.05, 0.1) is 16.1 Å². The summed E-state index contributed by atoms with van der Waals surface area (Å²) in [5.41, 5.74) is 7.29. The van der Waals surface area contributed by atoms with E-state index in [0.29, 0.717) is 10.7 Å². The molecular weight excluding hydrogens is 434 g/mol. The lowest BCUT2D eigenvalue weighted by molar-refractivity contribution is 0.100. The third-order valence-corrected chi connectivity index (χ3v) is 7.93. The molecule has 0 saturated heterocycles. The molecule has 2 aromatic carbocycles. The molecule has 0 bridgehead atoms. The molecule has 9 heteroatoms. The van der Waals surface area contributed by atoms with Gasteiger partial charge in [0.2, 0.25) is 0 Å². The zero-order valence-electron chi connectivity index (χ0n) is 17.4. The molecule has 1 heterocycles. The highest BCUT2D eigenvalue weighted by Gasteiger charge is 2.24. The molecule has 0 aliphatic heterocycles. The van der Waals surface area contributed by atoms with Crippen molar-refractivity contribution in [2.75, 3.05) is 16.2 Å². The molecule has 0 saturated carbocycles. The number of nitrogens with one attached hydrogen (secondary N) is 1. The Morgan fingerprint density at radius 1 is 1.03 bits per heavy atom. The third-order valence-electron chi connectivity index (χ3n) is 4.89. The van der Waals surface area contributed by atoms with E-state index in [1.54, 1.807) is 38.1 Å². The summed E-state index contributed by atoms with van der Waals surface area (Å²) in [5.74, 6) is -1.07. The van der Waals surface area contributed by atoms with Crippen LogP contribution in [0, 0.1) is 13.8 Å². The number of nitrogens with zero attached hydrogens (tertiary/aromatic N) is 1. The van der Waals surface area contributed by atoms with E-state index < -0.39 is 21.8 Å². The second-order valence-electron chi connectivity index (χ2n) is 6.84. The zero-order valence-corrected chi connectivity index (χ0v) is 19.0. The number of amides is 2. The molecule has 0 spiro atoms. The molecule has 2 amide bonds. The molecule has 162 valence electrons. The number of primary amides is 1. The van der Waals surface area contributed by atoms with Gasteiger partial charge in [0, 0.05) is 17.0 Å². The van der Waals surface area contributed by atoms with Gasteiger partial charge < -0.3 is 11.1 Å². The maximum atomic E-state index is 13.1. The zero-order chi connectivity index (χ0) is 22.8. The molecule has 0 aliphatic carbocycles. The lowest BCUT2D eigenvalue weighted by atomic mass is 10.1. The van der Waals surface area contributed by atoms with Crippen molar-refractivity contribution in [2.45, 2.75) is 25.7 Å². The summed E-state index contributed by atoms with van der Waals surface area (Å²) in [6.45, 7) is 5.64. The number of hydrogen-bond donors (Lipinski definition) is 2. The lowest BCUT2D eigenvalue weighted by Crippen LogP contribution is -2.30. The minimum Gasteiger partial charge on any atom is -0.365 e. The highest BCUT2D eigenvalue weighted by Crippen LogP contribution is 2.32. The Morgan fingerprint density at radius 3 is 2.19 bits per heavy atom. The normalized spacial score (nSPS) is 11.2. The number of benzene rings is 2. The van der Waals surface area contributed by atoms with Gasteiger partial charge in [0.1, 0.15) is 5.00 Å². The molecule has 3 aromatic rings. The van der Waals surface area contributed by atoms with E-state index in [2.05, 4.69) is 5.32 Å². The van der Waals surface area contributed by atoms with Crippen LogP contribution in [0.5, 0.6) is 0 Å². The van der Waals surface area contributed by atoms with Gasteiger partial charge >= 0.3 is 0 Å². The average Bonchev–Trinajstić information content (AvgIpc) is 3.02. The molecule has 0 radical (unpaired) electrons. The highest BCUT2D eigenvalue weighted by molar-refractivity contribution is 7.92. The molecule has 3 N–H and O–H groups in total. The summed E-state index contributed by atoms with van der Waals surface area (Å²) in [6.07, 6.45) is 0. The monoisotopic (exact) mass is 457 g/mol. The average molecular weight is 458 g/mol. The Labute approximate surface area is 185 Å². The number of thiophene rings is 1. The van der Waals surface area contributed by atoms with Crippen LogP contribution in [0.2, 0.25) is 0 Å². The Balaban J connectivity index is 1.85. The lowest BCUT2D eigenvalue weighted by Gasteiger charge is -2.23. The quantitative estimate of drug-likeness (QED) is 0.560. The number of rotatable bonds is 7. The topological polar surface area (TPSA) is 110 Å². The van der Waals surface area contributed by atoms with Crippen molar-refractivity contribution in [2.24, 2.45) is 5.73 Å². The summed E-state index contributed by atoms with van der Waals surface area (Å²) in [4.78, 5) is 25.4. The van der Waals surface area contributed by atoms with Crippen LogP contribution in [-0.2, 0) is 10.0 Å². The number of aryl methyl sites for hydroxylation is 1. The number of carbonyl (C=O) groups is 2. The predicted octanol–water partition coefficient (Wildman–Crippen LogP) is 3.93. The second kappa shape index (κ2) is 8.91. The van der Waals surface area contributed by atoms with Gasteiger partial charge in [-0.25, -0.2) is 8.42 Å². The molecule has 0 aliphatic rings. The first-order valence-electron chi connectivity index (χ1n) is 9.55. The Bertz CT molecular complexity index is 1220. The van der Waals surface area contributed by atoms with Crippen molar-refractivity contribution in [1.82, 2.24) is 0 Å². The van der Waals surface area contributed by atoms with Crippen molar-refractivity contribution >= 4 is 43.9 Å². The summed E-state index contributed by atoms with van der Waals surface area (Å²) in [7, 11) is -3.78. The largest absolute Gasteiger partial charge is 0.365 e. The Kier molecular flexibility index (Phi) is 6.47. The van der Waals surface area contributed by atoms with Crippen molar-refractivity contribution in [3.63, 3.8) is 0 Å². The molecule has 3 rings (SSSR count). The van der Waals surface area contributed by atoms with Crippen LogP contribution in [0.3, 0.4) is 0 Å². The van der Waals surface area contributed by atoms with Gasteiger partial charge in [-0.3, -0.25) is 13.9 Å². The van der Waals surface area contributed by atoms with Crippen LogP contribution in [0.4, 0.5) is 10.7 Å². The number of para-hydroxylation sites is 1. The third kappa shape index (κ3) is 4.47. The number of nitrogens with two attached hydrogens (primary N) is 1. The van der Waals surface area contributed by atoms with Crippen molar-refractivity contribution < 1.29 is 18.0 Å². The number of sulfonamides is 1.